The van der Waals surface area contributed by atoms with Crippen LogP contribution in [0.5, 0.6) is 0 Å². The van der Waals surface area contributed by atoms with Gasteiger partial charge in [-0.3, -0.25) is 4.79 Å². The summed E-state index contributed by atoms with van der Waals surface area (Å²) in [4.78, 5) is 15.8. The van der Waals surface area contributed by atoms with Crippen LogP contribution in [0, 0.1) is 0 Å². The predicted molar refractivity (Wildman–Crippen MR) is 105 cm³/mol. The molecule has 0 saturated carbocycles. The third-order valence-corrected chi connectivity index (χ3v) is 3.59. The van der Waals surface area contributed by atoms with Gasteiger partial charge in [-0.2, -0.15) is 0 Å². The van der Waals surface area contributed by atoms with Gasteiger partial charge in [0, 0.05) is 6.42 Å². The zero-order chi connectivity index (χ0) is 18.1. The number of nitrogens with zero attached hydrogens (tertiary/aromatic N) is 1. The fraction of sp³-hybridized carbons (Fsp3) is 0.300. The van der Waals surface area contributed by atoms with Crippen molar-refractivity contribution < 1.29 is 4.79 Å². The summed E-state index contributed by atoms with van der Waals surface area (Å²) < 4.78 is 0. The number of anilines is 1. The molecule has 0 bridgehead atoms. The molecule has 1 aromatic rings. The van der Waals surface area contributed by atoms with Crippen molar-refractivity contribution in [2.45, 2.75) is 40.5 Å². The summed E-state index contributed by atoms with van der Waals surface area (Å²) in [6.07, 6.45) is 7.06. The van der Waals surface area contributed by atoms with Crippen LogP contribution in [-0.2, 0) is 11.2 Å². The summed E-state index contributed by atoms with van der Waals surface area (Å²) in [6, 6.07) is 5.57. The lowest BCUT2D eigenvalue weighted by atomic mass is 10.1. The fourth-order valence-corrected chi connectivity index (χ4v) is 2.49. The van der Waals surface area contributed by atoms with Crippen LogP contribution < -0.4 is 5.32 Å². The van der Waals surface area contributed by atoms with E-state index in [4.69, 9.17) is 11.6 Å². The minimum absolute atomic E-state index is 0.113. The molecule has 0 spiro atoms. The maximum absolute atomic E-state index is 11.2. The fourth-order valence-electron chi connectivity index (χ4n) is 2.24. The Morgan fingerprint density at radius 3 is 2.58 bits per heavy atom. The van der Waals surface area contributed by atoms with E-state index in [1.54, 1.807) is 19.1 Å². The number of nitrogens with one attached hydrogen (secondary N) is 1. The molecule has 0 radical (unpaired) electrons. The highest BCUT2D eigenvalue weighted by molar-refractivity contribution is 6.33. The van der Waals surface area contributed by atoms with Crippen molar-refractivity contribution in [3.8, 4) is 0 Å². The second-order valence-electron chi connectivity index (χ2n) is 5.60. The summed E-state index contributed by atoms with van der Waals surface area (Å²) in [5, 5.41) is 3.78. The Bertz CT molecular complexity index is 700. The number of aliphatic imine (C=N–C) groups is 1. The molecule has 0 aromatic heterocycles. The van der Waals surface area contributed by atoms with Crippen LogP contribution in [0.4, 0.5) is 5.69 Å². The van der Waals surface area contributed by atoms with Crippen molar-refractivity contribution >= 4 is 28.9 Å². The van der Waals surface area contributed by atoms with Gasteiger partial charge in [0.15, 0.2) is 0 Å². The summed E-state index contributed by atoms with van der Waals surface area (Å²) in [7, 11) is 0. The summed E-state index contributed by atoms with van der Waals surface area (Å²) >= 11 is 6.30. The quantitative estimate of drug-likeness (QED) is 0.390. The molecule has 3 nitrogen and oxygen atoms in total. The summed E-state index contributed by atoms with van der Waals surface area (Å²) in [6.45, 7) is 11.3. The molecule has 1 N–H and O–H groups in total. The lowest BCUT2D eigenvalue weighted by Gasteiger charge is -2.11. The molecule has 0 fully saturated rings. The van der Waals surface area contributed by atoms with E-state index in [-0.39, 0.29) is 5.78 Å². The first-order valence-corrected chi connectivity index (χ1v) is 8.35. The van der Waals surface area contributed by atoms with Crippen LogP contribution in [0.3, 0.4) is 0 Å². The van der Waals surface area contributed by atoms with Crippen LogP contribution in [0.15, 0.2) is 59.3 Å². The minimum atomic E-state index is 0.113. The van der Waals surface area contributed by atoms with E-state index in [2.05, 4.69) is 29.9 Å². The van der Waals surface area contributed by atoms with Gasteiger partial charge in [0.05, 0.1) is 16.4 Å². The van der Waals surface area contributed by atoms with E-state index in [0.29, 0.717) is 11.4 Å². The molecule has 0 atom stereocenters. The zero-order valence-electron chi connectivity index (χ0n) is 14.8. The highest BCUT2D eigenvalue weighted by Crippen LogP contribution is 2.24. The molecule has 0 amide bonds. The average Bonchev–Trinajstić information content (AvgIpc) is 2.49. The Balaban J connectivity index is 2.98. The third-order valence-electron chi connectivity index (χ3n) is 3.28. The largest absolute Gasteiger partial charge is 0.343 e. The lowest BCUT2D eigenvalue weighted by molar-refractivity contribution is -0.116. The van der Waals surface area contributed by atoms with Gasteiger partial charge in [0.25, 0.3) is 0 Å². The number of benzene rings is 1. The molecule has 0 aliphatic heterocycles. The van der Waals surface area contributed by atoms with Crippen molar-refractivity contribution in [2.24, 2.45) is 4.99 Å². The van der Waals surface area contributed by atoms with Crippen LogP contribution in [-0.4, -0.2) is 11.6 Å². The number of Topliss-reactive ketones (excluding diaryl/α,β-unsaturated/α-hetero) is 1. The number of rotatable bonds is 7. The van der Waals surface area contributed by atoms with Crippen LogP contribution in [0.2, 0.25) is 5.02 Å². The number of hydrogen-bond acceptors (Lipinski definition) is 2. The first kappa shape index (κ1) is 19.9. The van der Waals surface area contributed by atoms with Gasteiger partial charge in [-0.25, -0.2) is 4.99 Å². The standard InChI is InChI=1S/C20H25ClN2O/c1-6-8-14(3)19(9-7-2)22-16(5)23-20-11-10-17(12-15(4)24)13-18(20)21/h7-11,13H,2,6,12H2,1,3-5H3,(H,22,23)/b14-8-,19-9+. The average molecular weight is 345 g/mol. The number of halogens is 1. The topological polar surface area (TPSA) is 41.5 Å². The Labute approximate surface area is 149 Å². The van der Waals surface area contributed by atoms with Crippen LogP contribution in [0.25, 0.3) is 0 Å². The maximum Gasteiger partial charge on any atom is 0.134 e. The third kappa shape index (κ3) is 6.55. The number of allylic oxidation sites excluding steroid dienone is 4. The molecular formula is C20H25ClN2O. The smallest absolute Gasteiger partial charge is 0.134 e. The van der Waals surface area contributed by atoms with Crippen molar-refractivity contribution in [3.05, 3.63) is 64.9 Å². The van der Waals surface area contributed by atoms with Gasteiger partial charge in [-0.15, -0.1) is 0 Å². The van der Waals surface area contributed by atoms with Gasteiger partial charge in [-0.1, -0.05) is 43.3 Å². The molecular weight excluding hydrogens is 320 g/mol. The number of carbonyl (C=O) groups excluding carboxylic acids is 1. The molecule has 128 valence electrons. The van der Waals surface area contributed by atoms with Crippen LogP contribution in [0.1, 0.15) is 39.7 Å². The minimum Gasteiger partial charge on any atom is -0.343 e. The van der Waals surface area contributed by atoms with E-state index in [1.807, 2.05) is 32.1 Å². The van der Waals surface area contributed by atoms with E-state index in [9.17, 15) is 4.79 Å². The van der Waals surface area contributed by atoms with E-state index < -0.39 is 0 Å². The maximum atomic E-state index is 11.2. The molecule has 0 aliphatic rings. The van der Waals surface area contributed by atoms with Gasteiger partial charge in [0.1, 0.15) is 11.6 Å². The summed E-state index contributed by atoms with van der Waals surface area (Å²) in [5.41, 5.74) is 3.63. The van der Waals surface area contributed by atoms with Crippen molar-refractivity contribution in [1.82, 2.24) is 0 Å². The molecule has 1 aromatic carbocycles. The van der Waals surface area contributed by atoms with Crippen LogP contribution >= 0.6 is 11.6 Å². The molecule has 0 aliphatic carbocycles. The molecule has 4 heteroatoms. The Morgan fingerprint density at radius 1 is 1.33 bits per heavy atom. The van der Waals surface area contributed by atoms with Gasteiger partial charge in [-0.05, 0) is 56.5 Å². The second kappa shape index (κ2) is 9.89. The normalized spacial score (nSPS) is 13.0. The second-order valence-corrected chi connectivity index (χ2v) is 6.01. The highest BCUT2D eigenvalue weighted by atomic mass is 35.5. The molecule has 0 heterocycles. The number of ketones is 1. The molecule has 0 unspecified atom stereocenters. The van der Waals surface area contributed by atoms with E-state index >= 15 is 0 Å². The number of amidine groups is 1. The number of hydrogen-bond donors (Lipinski definition) is 1. The van der Waals surface area contributed by atoms with Crippen molar-refractivity contribution in [1.29, 1.82) is 0 Å². The summed E-state index contributed by atoms with van der Waals surface area (Å²) in [5.74, 6) is 0.843. The Morgan fingerprint density at radius 2 is 2.04 bits per heavy atom. The first-order chi connectivity index (χ1) is 11.4. The Kier molecular flexibility index (Phi) is 8.20. The first-order valence-electron chi connectivity index (χ1n) is 7.97. The SMILES string of the molecule is C=C/C=C(/N=C(\C)Nc1ccc(CC(C)=O)cc1Cl)C(\C)=C/CC. The van der Waals surface area contributed by atoms with Crippen molar-refractivity contribution in [3.63, 3.8) is 0 Å². The van der Waals surface area contributed by atoms with Gasteiger partial charge >= 0.3 is 0 Å². The molecule has 24 heavy (non-hydrogen) atoms. The Hall–Kier alpha value is -2.13. The predicted octanol–water partition coefficient (Wildman–Crippen LogP) is 5.73. The zero-order valence-corrected chi connectivity index (χ0v) is 15.6. The highest BCUT2D eigenvalue weighted by Gasteiger charge is 2.05. The number of carbonyl (C=O) groups is 1. The van der Waals surface area contributed by atoms with Gasteiger partial charge in [0.2, 0.25) is 0 Å². The van der Waals surface area contributed by atoms with E-state index in [1.165, 1.54) is 0 Å². The molecule has 1 rings (SSSR count). The lowest BCUT2D eigenvalue weighted by Crippen LogP contribution is -2.08. The van der Waals surface area contributed by atoms with E-state index in [0.717, 1.165) is 34.8 Å². The van der Waals surface area contributed by atoms with Crippen molar-refractivity contribution in [2.75, 3.05) is 5.32 Å². The van der Waals surface area contributed by atoms with Gasteiger partial charge < -0.3 is 5.32 Å². The molecule has 0 saturated heterocycles. The monoisotopic (exact) mass is 344 g/mol.